The van der Waals surface area contributed by atoms with Gasteiger partial charge in [-0.05, 0) is 36.4 Å². The van der Waals surface area contributed by atoms with Crippen LogP contribution in [0.2, 0.25) is 0 Å². The molecule has 0 saturated carbocycles. The van der Waals surface area contributed by atoms with Gasteiger partial charge in [-0.3, -0.25) is 0 Å². The SMILES string of the molecule is N#Cc1cc(Br)cc(NCc2cc(F)ccc2F)c1. The number of nitrogens with one attached hydrogen (secondary N) is 1. The molecule has 0 unspecified atom stereocenters. The van der Waals surface area contributed by atoms with Crippen molar-refractivity contribution in [1.82, 2.24) is 0 Å². The summed E-state index contributed by atoms with van der Waals surface area (Å²) < 4.78 is 27.2. The molecule has 0 spiro atoms. The lowest BCUT2D eigenvalue weighted by Crippen LogP contribution is -2.02. The molecule has 0 amide bonds. The number of rotatable bonds is 3. The van der Waals surface area contributed by atoms with E-state index in [1.807, 2.05) is 6.07 Å². The van der Waals surface area contributed by atoms with Crippen LogP contribution in [0.4, 0.5) is 14.5 Å². The first-order chi connectivity index (χ1) is 9.08. The summed E-state index contributed by atoms with van der Waals surface area (Å²) in [4.78, 5) is 0. The van der Waals surface area contributed by atoms with Crippen LogP contribution in [0.25, 0.3) is 0 Å². The Morgan fingerprint density at radius 1 is 1.16 bits per heavy atom. The lowest BCUT2D eigenvalue weighted by molar-refractivity contribution is 0.587. The summed E-state index contributed by atoms with van der Waals surface area (Å²) in [6.07, 6.45) is 0. The van der Waals surface area contributed by atoms with Crippen LogP contribution in [0.3, 0.4) is 0 Å². The van der Waals surface area contributed by atoms with E-state index in [1.165, 1.54) is 0 Å². The van der Waals surface area contributed by atoms with Crippen molar-refractivity contribution >= 4 is 21.6 Å². The van der Waals surface area contributed by atoms with Gasteiger partial charge in [-0.15, -0.1) is 0 Å². The summed E-state index contributed by atoms with van der Waals surface area (Å²) in [5.74, 6) is -0.949. The summed E-state index contributed by atoms with van der Waals surface area (Å²) >= 11 is 3.28. The Hall–Kier alpha value is -1.93. The van der Waals surface area contributed by atoms with Gasteiger partial charge in [-0.25, -0.2) is 8.78 Å². The van der Waals surface area contributed by atoms with E-state index in [2.05, 4.69) is 21.2 Å². The summed E-state index contributed by atoms with van der Waals surface area (Å²) in [7, 11) is 0. The second kappa shape index (κ2) is 5.81. The first-order valence-electron chi connectivity index (χ1n) is 5.47. The minimum absolute atomic E-state index is 0.144. The third-order valence-corrected chi connectivity index (χ3v) is 2.98. The van der Waals surface area contributed by atoms with Crippen LogP contribution >= 0.6 is 15.9 Å². The smallest absolute Gasteiger partial charge is 0.128 e. The fraction of sp³-hybridized carbons (Fsp3) is 0.0714. The molecule has 2 aromatic rings. The van der Waals surface area contributed by atoms with E-state index in [4.69, 9.17) is 5.26 Å². The number of nitriles is 1. The molecular formula is C14H9BrF2N2. The lowest BCUT2D eigenvalue weighted by atomic mass is 10.2. The topological polar surface area (TPSA) is 35.8 Å². The Morgan fingerprint density at radius 2 is 1.95 bits per heavy atom. The Bertz CT molecular complexity index is 650. The molecule has 0 radical (unpaired) electrons. The van der Waals surface area contributed by atoms with Gasteiger partial charge in [0.05, 0.1) is 11.6 Å². The van der Waals surface area contributed by atoms with Crippen LogP contribution in [-0.4, -0.2) is 0 Å². The van der Waals surface area contributed by atoms with E-state index in [-0.39, 0.29) is 12.1 Å². The van der Waals surface area contributed by atoms with Crippen molar-refractivity contribution in [3.63, 3.8) is 0 Å². The predicted octanol–water partition coefficient (Wildman–Crippen LogP) is 4.21. The highest BCUT2D eigenvalue weighted by Crippen LogP contribution is 2.20. The van der Waals surface area contributed by atoms with E-state index in [9.17, 15) is 8.78 Å². The molecule has 0 aliphatic rings. The summed E-state index contributed by atoms with van der Waals surface area (Å²) in [6.45, 7) is 0.144. The van der Waals surface area contributed by atoms with Crippen molar-refractivity contribution in [1.29, 1.82) is 5.26 Å². The highest BCUT2D eigenvalue weighted by Gasteiger charge is 2.04. The summed E-state index contributed by atoms with van der Waals surface area (Å²) in [6, 6.07) is 10.4. The molecule has 0 aliphatic heterocycles. The molecule has 2 rings (SSSR count). The van der Waals surface area contributed by atoms with Crippen LogP contribution in [0.15, 0.2) is 40.9 Å². The van der Waals surface area contributed by atoms with Gasteiger partial charge in [-0.1, -0.05) is 15.9 Å². The highest BCUT2D eigenvalue weighted by molar-refractivity contribution is 9.10. The van der Waals surface area contributed by atoms with Gasteiger partial charge >= 0.3 is 0 Å². The van der Waals surface area contributed by atoms with Gasteiger partial charge in [-0.2, -0.15) is 5.26 Å². The van der Waals surface area contributed by atoms with Crippen LogP contribution < -0.4 is 5.32 Å². The average Bonchev–Trinajstić information content (AvgIpc) is 2.39. The van der Waals surface area contributed by atoms with E-state index in [0.29, 0.717) is 11.3 Å². The first-order valence-corrected chi connectivity index (χ1v) is 6.26. The molecule has 0 fully saturated rings. The van der Waals surface area contributed by atoms with Crippen molar-refractivity contribution in [2.24, 2.45) is 0 Å². The molecule has 96 valence electrons. The maximum absolute atomic E-state index is 13.4. The Kier molecular flexibility index (Phi) is 4.13. The molecule has 0 aromatic heterocycles. The van der Waals surface area contributed by atoms with E-state index in [1.54, 1.807) is 18.2 Å². The van der Waals surface area contributed by atoms with Crippen molar-refractivity contribution in [2.75, 3.05) is 5.32 Å². The Balaban J connectivity index is 2.17. The van der Waals surface area contributed by atoms with Crippen LogP contribution in [0.5, 0.6) is 0 Å². The third kappa shape index (κ3) is 3.52. The van der Waals surface area contributed by atoms with Gasteiger partial charge in [0.15, 0.2) is 0 Å². The second-order valence-corrected chi connectivity index (χ2v) is 4.85. The molecule has 2 aromatic carbocycles. The summed E-state index contributed by atoms with van der Waals surface area (Å²) in [5.41, 5.74) is 1.38. The maximum Gasteiger partial charge on any atom is 0.128 e. The summed E-state index contributed by atoms with van der Waals surface area (Å²) in [5, 5.41) is 11.8. The molecule has 0 atom stereocenters. The fourth-order valence-corrected chi connectivity index (χ4v) is 2.13. The number of benzene rings is 2. The van der Waals surface area contributed by atoms with Gasteiger partial charge in [0.2, 0.25) is 0 Å². The van der Waals surface area contributed by atoms with E-state index < -0.39 is 11.6 Å². The lowest BCUT2D eigenvalue weighted by Gasteiger charge is -2.08. The molecule has 0 bridgehead atoms. The zero-order valence-corrected chi connectivity index (χ0v) is 11.3. The maximum atomic E-state index is 13.4. The Morgan fingerprint density at radius 3 is 2.68 bits per heavy atom. The van der Waals surface area contributed by atoms with Crippen molar-refractivity contribution in [2.45, 2.75) is 6.54 Å². The standard InChI is InChI=1S/C14H9BrF2N2/c15-11-3-9(7-18)4-13(6-11)19-8-10-5-12(16)1-2-14(10)17/h1-6,19H,8H2. The molecule has 1 N–H and O–H groups in total. The molecule has 0 aliphatic carbocycles. The average molecular weight is 323 g/mol. The van der Waals surface area contributed by atoms with Crippen molar-refractivity contribution in [3.8, 4) is 6.07 Å². The number of hydrogen-bond acceptors (Lipinski definition) is 2. The molecule has 0 heterocycles. The largest absolute Gasteiger partial charge is 0.381 e. The van der Waals surface area contributed by atoms with Crippen LogP contribution in [-0.2, 0) is 6.54 Å². The monoisotopic (exact) mass is 322 g/mol. The normalized spacial score (nSPS) is 10.0. The van der Waals surface area contributed by atoms with Crippen LogP contribution in [0.1, 0.15) is 11.1 Å². The minimum Gasteiger partial charge on any atom is -0.381 e. The van der Waals surface area contributed by atoms with Gasteiger partial charge < -0.3 is 5.32 Å². The zero-order chi connectivity index (χ0) is 13.8. The minimum atomic E-state index is -0.481. The number of halogens is 3. The molecule has 5 heteroatoms. The zero-order valence-electron chi connectivity index (χ0n) is 9.75. The predicted molar refractivity (Wildman–Crippen MR) is 72.5 cm³/mol. The molecule has 0 saturated heterocycles. The second-order valence-electron chi connectivity index (χ2n) is 3.93. The quantitative estimate of drug-likeness (QED) is 0.918. The van der Waals surface area contributed by atoms with Crippen molar-refractivity contribution < 1.29 is 8.78 Å². The number of hydrogen-bond donors (Lipinski definition) is 1. The van der Waals surface area contributed by atoms with Crippen molar-refractivity contribution in [3.05, 3.63) is 63.6 Å². The van der Waals surface area contributed by atoms with Gasteiger partial charge in [0.1, 0.15) is 11.6 Å². The van der Waals surface area contributed by atoms with Gasteiger partial charge in [0, 0.05) is 22.3 Å². The first kappa shape index (κ1) is 13.5. The highest BCUT2D eigenvalue weighted by atomic mass is 79.9. The van der Waals surface area contributed by atoms with E-state index >= 15 is 0 Å². The molecular weight excluding hydrogens is 314 g/mol. The molecule has 2 nitrogen and oxygen atoms in total. The van der Waals surface area contributed by atoms with Gasteiger partial charge in [0.25, 0.3) is 0 Å². The van der Waals surface area contributed by atoms with Crippen LogP contribution in [0, 0.1) is 23.0 Å². The fourth-order valence-electron chi connectivity index (χ4n) is 1.63. The number of nitrogens with zero attached hydrogens (tertiary/aromatic N) is 1. The molecule has 19 heavy (non-hydrogen) atoms. The third-order valence-electron chi connectivity index (χ3n) is 2.52. The number of anilines is 1. The Labute approximate surface area is 117 Å². The van der Waals surface area contributed by atoms with E-state index in [0.717, 1.165) is 22.7 Å².